The van der Waals surface area contributed by atoms with Crippen LogP contribution in [-0.4, -0.2) is 11.5 Å². The van der Waals surface area contributed by atoms with E-state index in [2.05, 4.69) is 49.8 Å². The summed E-state index contributed by atoms with van der Waals surface area (Å²) in [5.74, 6) is 0. The largest absolute Gasteiger partial charge is 0.310 e. The first-order chi connectivity index (χ1) is 8.58. The molecule has 1 unspecified atom stereocenters. The average molecular weight is 246 g/mol. The highest BCUT2D eigenvalue weighted by atomic mass is 14.9. The van der Waals surface area contributed by atoms with Crippen LogP contribution >= 0.6 is 0 Å². The van der Waals surface area contributed by atoms with Crippen molar-refractivity contribution in [2.24, 2.45) is 0 Å². The second kappa shape index (κ2) is 7.32. The molecular formula is C16H26N2. The minimum atomic E-state index is 0.352. The number of nitrogens with zero attached hydrogens (tertiary/aromatic N) is 1. The lowest BCUT2D eigenvalue weighted by Gasteiger charge is -2.21. The van der Waals surface area contributed by atoms with Gasteiger partial charge in [-0.3, -0.25) is 4.98 Å². The van der Waals surface area contributed by atoms with E-state index >= 15 is 0 Å². The molecule has 1 aromatic rings. The fourth-order valence-electron chi connectivity index (χ4n) is 2.11. The molecule has 1 heterocycles. The molecule has 0 bridgehead atoms. The lowest BCUT2D eigenvalue weighted by atomic mass is 9.97. The van der Waals surface area contributed by atoms with E-state index in [1.165, 1.54) is 11.1 Å². The number of hydrogen-bond acceptors (Lipinski definition) is 2. The van der Waals surface area contributed by atoms with Crippen LogP contribution in [0.2, 0.25) is 0 Å². The van der Waals surface area contributed by atoms with Gasteiger partial charge in [-0.2, -0.15) is 0 Å². The van der Waals surface area contributed by atoms with Gasteiger partial charge >= 0.3 is 0 Å². The third-order valence-corrected chi connectivity index (χ3v) is 3.27. The van der Waals surface area contributed by atoms with Gasteiger partial charge in [0.15, 0.2) is 0 Å². The zero-order valence-electron chi connectivity index (χ0n) is 12.2. The fraction of sp³-hybridized carbons (Fsp3) is 0.562. The molecule has 2 nitrogen and oxygen atoms in total. The Hall–Kier alpha value is -1.15. The first kappa shape index (κ1) is 14.9. The number of nitrogens with one attached hydrogen (secondary N) is 1. The average Bonchev–Trinajstić information content (AvgIpc) is 2.34. The Morgan fingerprint density at radius 2 is 2.06 bits per heavy atom. The smallest absolute Gasteiger partial charge is 0.0423 e. The molecule has 0 saturated carbocycles. The van der Waals surface area contributed by atoms with Gasteiger partial charge in [-0.15, -0.1) is 0 Å². The van der Waals surface area contributed by atoms with Gasteiger partial charge in [0, 0.05) is 17.4 Å². The Balaban J connectivity index is 2.89. The molecule has 1 atom stereocenters. The van der Waals surface area contributed by atoms with Crippen LogP contribution < -0.4 is 5.32 Å². The Morgan fingerprint density at radius 1 is 1.33 bits per heavy atom. The lowest BCUT2D eigenvalue weighted by Crippen LogP contribution is -2.23. The highest BCUT2D eigenvalue weighted by Crippen LogP contribution is 2.24. The fourth-order valence-corrected chi connectivity index (χ4v) is 2.11. The summed E-state index contributed by atoms with van der Waals surface area (Å²) in [5, 5.41) is 3.61. The molecule has 0 saturated heterocycles. The van der Waals surface area contributed by atoms with Crippen LogP contribution in [0, 0.1) is 13.8 Å². The standard InChI is InChI=1S/C16H26N2/c1-6-10-17-16(11-12(3)7-2)15-9-8-13(4)18-14(15)5/h8-9,16-17H,3,6-7,10-11H2,1-2,4-5H3. The Labute approximate surface area is 112 Å². The normalized spacial score (nSPS) is 12.4. The van der Waals surface area contributed by atoms with E-state index < -0.39 is 0 Å². The van der Waals surface area contributed by atoms with Crippen molar-refractivity contribution in [3.05, 3.63) is 41.2 Å². The van der Waals surface area contributed by atoms with Crippen LogP contribution in [-0.2, 0) is 0 Å². The molecule has 1 aromatic heterocycles. The molecule has 0 aliphatic heterocycles. The second-order valence-electron chi connectivity index (χ2n) is 4.94. The summed E-state index contributed by atoms with van der Waals surface area (Å²) in [4.78, 5) is 4.57. The van der Waals surface area contributed by atoms with E-state index in [0.29, 0.717) is 6.04 Å². The van der Waals surface area contributed by atoms with Crippen molar-refractivity contribution in [2.75, 3.05) is 6.54 Å². The van der Waals surface area contributed by atoms with Crippen LogP contribution in [0.1, 0.15) is 56.1 Å². The molecule has 1 rings (SSSR count). The quantitative estimate of drug-likeness (QED) is 0.733. The number of pyridine rings is 1. The zero-order chi connectivity index (χ0) is 13.5. The Morgan fingerprint density at radius 3 is 2.61 bits per heavy atom. The highest BCUT2D eigenvalue weighted by Gasteiger charge is 2.14. The summed E-state index contributed by atoms with van der Waals surface area (Å²) >= 11 is 0. The SMILES string of the molecule is C=C(CC)CC(NCCC)c1ccc(C)nc1C. The second-order valence-corrected chi connectivity index (χ2v) is 4.94. The molecule has 2 heteroatoms. The highest BCUT2D eigenvalue weighted by molar-refractivity contribution is 5.26. The maximum atomic E-state index is 4.57. The number of hydrogen-bond donors (Lipinski definition) is 1. The molecule has 0 aromatic carbocycles. The maximum Gasteiger partial charge on any atom is 0.0423 e. The van der Waals surface area contributed by atoms with Crippen molar-refractivity contribution < 1.29 is 0 Å². The maximum absolute atomic E-state index is 4.57. The Kier molecular flexibility index (Phi) is 6.06. The molecule has 100 valence electrons. The molecule has 18 heavy (non-hydrogen) atoms. The van der Waals surface area contributed by atoms with E-state index in [1.54, 1.807) is 0 Å². The van der Waals surface area contributed by atoms with E-state index in [4.69, 9.17) is 0 Å². The Bertz CT molecular complexity index is 396. The first-order valence-corrected chi connectivity index (χ1v) is 6.92. The molecule has 0 spiro atoms. The summed E-state index contributed by atoms with van der Waals surface area (Å²) in [5.41, 5.74) is 4.82. The molecule has 1 N–H and O–H groups in total. The molecule has 0 amide bonds. The van der Waals surface area contributed by atoms with Crippen molar-refractivity contribution in [1.29, 1.82) is 0 Å². The monoisotopic (exact) mass is 246 g/mol. The van der Waals surface area contributed by atoms with Gasteiger partial charge in [-0.25, -0.2) is 0 Å². The molecular weight excluding hydrogens is 220 g/mol. The van der Waals surface area contributed by atoms with Gasteiger partial charge < -0.3 is 5.32 Å². The van der Waals surface area contributed by atoms with Gasteiger partial charge in [-0.05, 0) is 51.3 Å². The van der Waals surface area contributed by atoms with Crippen LogP contribution in [0.5, 0.6) is 0 Å². The van der Waals surface area contributed by atoms with Gasteiger partial charge in [0.05, 0.1) is 0 Å². The molecule has 0 aliphatic rings. The summed E-state index contributed by atoms with van der Waals surface area (Å²) < 4.78 is 0. The van der Waals surface area contributed by atoms with Gasteiger partial charge in [-0.1, -0.05) is 32.1 Å². The van der Waals surface area contributed by atoms with E-state index in [-0.39, 0.29) is 0 Å². The van der Waals surface area contributed by atoms with Gasteiger partial charge in [0.25, 0.3) is 0 Å². The minimum Gasteiger partial charge on any atom is -0.310 e. The topological polar surface area (TPSA) is 24.9 Å². The summed E-state index contributed by atoms with van der Waals surface area (Å²) in [7, 11) is 0. The number of aryl methyl sites for hydroxylation is 2. The molecule has 0 radical (unpaired) electrons. The predicted octanol–water partition coefficient (Wildman–Crippen LogP) is 4.10. The van der Waals surface area contributed by atoms with Crippen LogP contribution in [0.25, 0.3) is 0 Å². The molecule has 0 aliphatic carbocycles. The van der Waals surface area contributed by atoms with Crippen molar-refractivity contribution in [3.63, 3.8) is 0 Å². The van der Waals surface area contributed by atoms with Gasteiger partial charge in [0.1, 0.15) is 0 Å². The predicted molar refractivity (Wildman–Crippen MR) is 78.8 cm³/mol. The third-order valence-electron chi connectivity index (χ3n) is 3.27. The first-order valence-electron chi connectivity index (χ1n) is 6.92. The zero-order valence-corrected chi connectivity index (χ0v) is 12.2. The van der Waals surface area contributed by atoms with Gasteiger partial charge in [0.2, 0.25) is 0 Å². The van der Waals surface area contributed by atoms with Crippen molar-refractivity contribution in [1.82, 2.24) is 10.3 Å². The van der Waals surface area contributed by atoms with E-state index in [1.807, 2.05) is 6.92 Å². The number of rotatable bonds is 7. The van der Waals surface area contributed by atoms with Crippen LogP contribution in [0.4, 0.5) is 0 Å². The third kappa shape index (κ3) is 4.26. The van der Waals surface area contributed by atoms with Crippen molar-refractivity contribution >= 4 is 0 Å². The molecule has 0 fully saturated rings. The van der Waals surface area contributed by atoms with Crippen molar-refractivity contribution in [3.8, 4) is 0 Å². The van der Waals surface area contributed by atoms with Crippen LogP contribution in [0.15, 0.2) is 24.3 Å². The summed E-state index contributed by atoms with van der Waals surface area (Å²) in [6.07, 6.45) is 3.19. The summed E-state index contributed by atoms with van der Waals surface area (Å²) in [6.45, 7) is 13.7. The lowest BCUT2D eigenvalue weighted by molar-refractivity contribution is 0.519. The van der Waals surface area contributed by atoms with E-state index in [9.17, 15) is 0 Å². The minimum absolute atomic E-state index is 0.352. The van der Waals surface area contributed by atoms with Crippen molar-refractivity contribution in [2.45, 2.75) is 53.0 Å². The van der Waals surface area contributed by atoms with E-state index in [0.717, 1.165) is 37.2 Å². The van der Waals surface area contributed by atoms with Crippen LogP contribution in [0.3, 0.4) is 0 Å². The summed E-state index contributed by atoms with van der Waals surface area (Å²) in [6, 6.07) is 4.65. The number of aromatic nitrogens is 1.